The number of para-hydroxylation sites is 1. The van der Waals surface area contributed by atoms with Crippen LogP contribution < -0.4 is 10.1 Å². The van der Waals surface area contributed by atoms with Gasteiger partial charge in [-0.05, 0) is 43.3 Å². The standard InChI is InChI=1S/C18H21NO4/c1-2-22-18(21)14-8-10-15(11-9-14)19-12-16(20)13-23-17-6-4-3-5-7-17/h3-11,16,19-20H,2,12-13H2,1H3/t16-/m1/s1. The highest BCUT2D eigenvalue weighted by molar-refractivity contribution is 5.89. The molecule has 0 unspecified atom stereocenters. The molecule has 0 fully saturated rings. The molecule has 1 atom stereocenters. The van der Waals surface area contributed by atoms with Crippen molar-refractivity contribution in [3.63, 3.8) is 0 Å². The van der Waals surface area contributed by atoms with Crippen molar-refractivity contribution in [2.75, 3.05) is 25.1 Å². The highest BCUT2D eigenvalue weighted by Gasteiger charge is 2.07. The lowest BCUT2D eigenvalue weighted by molar-refractivity contribution is 0.0526. The van der Waals surface area contributed by atoms with E-state index in [4.69, 9.17) is 9.47 Å². The second-order valence-corrected chi connectivity index (χ2v) is 4.96. The largest absolute Gasteiger partial charge is 0.491 e. The van der Waals surface area contributed by atoms with E-state index in [-0.39, 0.29) is 12.6 Å². The summed E-state index contributed by atoms with van der Waals surface area (Å²) in [6.45, 7) is 2.68. The van der Waals surface area contributed by atoms with Gasteiger partial charge in [0.1, 0.15) is 18.5 Å². The third-order valence-electron chi connectivity index (χ3n) is 3.12. The Bertz CT molecular complexity index is 598. The Morgan fingerprint density at radius 1 is 1.13 bits per heavy atom. The van der Waals surface area contributed by atoms with Crippen molar-refractivity contribution in [2.24, 2.45) is 0 Å². The van der Waals surface area contributed by atoms with Crippen LogP contribution in [-0.4, -0.2) is 36.9 Å². The normalized spacial score (nSPS) is 11.6. The fraction of sp³-hybridized carbons (Fsp3) is 0.278. The summed E-state index contributed by atoms with van der Waals surface area (Å²) < 4.78 is 10.4. The number of benzene rings is 2. The molecule has 0 aromatic heterocycles. The van der Waals surface area contributed by atoms with Gasteiger partial charge >= 0.3 is 5.97 Å². The predicted octanol–water partition coefficient (Wildman–Crippen LogP) is 2.72. The lowest BCUT2D eigenvalue weighted by Gasteiger charge is -2.14. The zero-order valence-electron chi connectivity index (χ0n) is 13.1. The summed E-state index contributed by atoms with van der Waals surface area (Å²) in [4.78, 5) is 11.5. The number of esters is 1. The monoisotopic (exact) mass is 315 g/mol. The maximum absolute atomic E-state index is 11.5. The van der Waals surface area contributed by atoms with Crippen molar-refractivity contribution in [1.82, 2.24) is 0 Å². The predicted molar refractivity (Wildman–Crippen MR) is 88.8 cm³/mol. The van der Waals surface area contributed by atoms with Crippen molar-refractivity contribution in [3.8, 4) is 5.75 Å². The van der Waals surface area contributed by atoms with E-state index in [0.29, 0.717) is 18.7 Å². The molecule has 2 aromatic carbocycles. The van der Waals surface area contributed by atoms with E-state index in [1.165, 1.54) is 0 Å². The minimum absolute atomic E-state index is 0.206. The number of hydrogen-bond donors (Lipinski definition) is 2. The van der Waals surface area contributed by atoms with Gasteiger partial charge in [0.25, 0.3) is 0 Å². The van der Waals surface area contributed by atoms with Crippen LogP contribution in [0.4, 0.5) is 5.69 Å². The molecule has 23 heavy (non-hydrogen) atoms. The number of aliphatic hydroxyl groups excluding tert-OH is 1. The van der Waals surface area contributed by atoms with Crippen LogP contribution in [0.15, 0.2) is 54.6 Å². The van der Waals surface area contributed by atoms with Crippen LogP contribution in [0, 0.1) is 0 Å². The van der Waals surface area contributed by atoms with E-state index >= 15 is 0 Å². The Hall–Kier alpha value is -2.53. The molecule has 5 nitrogen and oxygen atoms in total. The molecule has 2 rings (SSSR count). The first-order valence-corrected chi connectivity index (χ1v) is 7.56. The first-order chi connectivity index (χ1) is 11.2. The highest BCUT2D eigenvalue weighted by atomic mass is 16.5. The van der Waals surface area contributed by atoms with Gasteiger partial charge in [0.15, 0.2) is 0 Å². The summed E-state index contributed by atoms with van der Waals surface area (Å²) in [5.74, 6) is 0.390. The van der Waals surface area contributed by atoms with Gasteiger partial charge in [-0.15, -0.1) is 0 Å². The van der Waals surface area contributed by atoms with Gasteiger partial charge in [-0.3, -0.25) is 0 Å². The fourth-order valence-corrected chi connectivity index (χ4v) is 1.94. The van der Waals surface area contributed by atoms with Crippen molar-refractivity contribution in [2.45, 2.75) is 13.0 Å². The van der Waals surface area contributed by atoms with Gasteiger partial charge < -0.3 is 19.9 Å². The summed E-state index contributed by atoms with van der Waals surface area (Å²) in [6.07, 6.45) is -0.639. The van der Waals surface area contributed by atoms with Crippen molar-refractivity contribution < 1.29 is 19.4 Å². The van der Waals surface area contributed by atoms with Crippen molar-refractivity contribution in [3.05, 3.63) is 60.2 Å². The summed E-state index contributed by atoms with van der Waals surface area (Å²) >= 11 is 0. The van der Waals surface area contributed by atoms with Crippen LogP contribution in [0.3, 0.4) is 0 Å². The molecule has 0 aliphatic carbocycles. The first-order valence-electron chi connectivity index (χ1n) is 7.56. The second-order valence-electron chi connectivity index (χ2n) is 4.96. The maximum Gasteiger partial charge on any atom is 0.338 e. The van der Waals surface area contributed by atoms with Gasteiger partial charge in [-0.25, -0.2) is 4.79 Å². The number of hydrogen-bond acceptors (Lipinski definition) is 5. The van der Waals surface area contributed by atoms with Crippen LogP contribution in [0.1, 0.15) is 17.3 Å². The Morgan fingerprint density at radius 3 is 2.48 bits per heavy atom. The molecule has 2 N–H and O–H groups in total. The molecule has 0 saturated carbocycles. The van der Waals surface area contributed by atoms with Crippen molar-refractivity contribution in [1.29, 1.82) is 0 Å². The molecular weight excluding hydrogens is 294 g/mol. The minimum Gasteiger partial charge on any atom is -0.491 e. The number of nitrogens with one attached hydrogen (secondary N) is 1. The lowest BCUT2D eigenvalue weighted by Crippen LogP contribution is -2.26. The lowest BCUT2D eigenvalue weighted by atomic mass is 10.2. The third-order valence-corrected chi connectivity index (χ3v) is 3.12. The molecule has 0 aliphatic rings. The van der Waals surface area contributed by atoms with Crippen LogP contribution in [0.5, 0.6) is 5.75 Å². The topological polar surface area (TPSA) is 67.8 Å². The van der Waals surface area contributed by atoms with E-state index < -0.39 is 6.10 Å². The molecule has 0 heterocycles. The quantitative estimate of drug-likeness (QED) is 0.733. The molecule has 122 valence electrons. The molecule has 0 aliphatic heterocycles. The van der Waals surface area contributed by atoms with E-state index in [2.05, 4.69) is 5.32 Å². The van der Waals surface area contributed by atoms with Gasteiger partial charge in [0.2, 0.25) is 0 Å². The molecule has 0 saturated heterocycles. The zero-order chi connectivity index (χ0) is 16.5. The minimum atomic E-state index is -0.639. The molecule has 5 heteroatoms. The number of carbonyl (C=O) groups excluding carboxylic acids is 1. The van der Waals surface area contributed by atoms with Crippen LogP contribution in [0.25, 0.3) is 0 Å². The molecule has 0 spiro atoms. The number of rotatable bonds is 8. The van der Waals surface area contributed by atoms with Gasteiger partial charge in [-0.1, -0.05) is 18.2 Å². The zero-order valence-corrected chi connectivity index (χ0v) is 13.1. The summed E-state index contributed by atoms with van der Waals surface area (Å²) in [7, 11) is 0. The smallest absolute Gasteiger partial charge is 0.338 e. The van der Waals surface area contributed by atoms with Gasteiger partial charge in [-0.2, -0.15) is 0 Å². The number of aliphatic hydroxyl groups is 1. The van der Waals surface area contributed by atoms with Gasteiger partial charge in [0.05, 0.1) is 12.2 Å². The van der Waals surface area contributed by atoms with Crippen LogP contribution in [-0.2, 0) is 4.74 Å². The SMILES string of the molecule is CCOC(=O)c1ccc(NC[C@@H](O)COc2ccccc2)cc1. The summed E-state index contributed by atoms with van der Waals surface area (Å²) in [5, 5.41) is 13.0. The van der Waals surface area contributed by atoms with E-state index in [1.54, 1.807) is 31.2 Å². The molecular formula is C18H21NO4. The van der Waals surface area contributed by atoms with E-state index in [0.717, 1.165) is 11.4 Å². The molecule has 0 radical (unpaired) electrons. The Morgan fingerprint density at radius 2 is 1.83 bits per heavy atom. The third kappa shape index (κ3) is 5.64. The first kappa shape index (κ1) is 16.8. The van der Waals surface area contributed by atoms with E-state index in [1.807, 2.05) is 30.3 Å². The second kappa shape index (κ2) is 8.80. The summed E-state index contributed by atoms with van der Waals surface area (Å²) in [6, 6.07) is 16.3. The Balaban J connectivity index is 1.75. The van der Waals surface area contributed by atoms with Crippen LogP contribution in [0.2, 0.25) is 0 Å². The number of ether oxygens (including phenoxy) is 2. The number of anilines is 1. The maximum atomic E-state index is 11.5. The van der Waals surface area contributed by atoms with Crippen molar-refractivity contribution >= 4 is 11.7 Å². The molecule has 0 bridgehead atoms. The highest BCUT2D eigenvalue weighted by Crippen LogP contribution is 2.11. The molecule has 0 amide bonds. The average Bonchev–Trinajstić information content (AvgIpc) is 2.59. The van der Waals surface area contributed by atoms with Crippen LogP contribution >= 0.6 is 0 Å². The summed E-state index contributed by atoms with van der Waals surface area (Å²) in [5.41, 5.74) is 1.32. The van der Waals surface area contributed by atoms with Gasteiger partial charge in [0, 0.05) is 12.2 Å². The average molecular weight is 315 g/mol. The Labute approximate surface area is 135 Å². The number of carbonyl (C=O) groups is 1. The van der Waals surface area contributed by atoms with E-state index in [9.17, 15) is 9.90 Å². The molecule has 2 aromatic rings. The fourth-order valence-electron chi connectivity index (χ4n) is 1.94. The Kier molecular flexibility index (Phi) is 6.44.